The number of nitrogens with zero attached hydrogens (tertiary/aromatic N) is 3. The Hall–Kier alpha value is -4.46. The van der Waals surface area contributed by atoms with E-state index in [1.807, 2.05) is 50.1 Å². The van der Waals surface area contributed by atoms with Crippen LogP contribution in [0.2, 0.25) is 0 Å². The molecule has 0 radical (unpaired) electrons. The van der Waals surface area contributed by atoms with Crippen LogP contribution in [0.5, 0.6) is 5.75 Å². The fraction of sp³-hybridized carbons (Fsp3) is 0.214. The standard InChI is InChI=1S/C28H26N4O4/c1-17-7-5-9-20(13-17)32-27(34)26-25(22-14-18(2)11-12-23(22)30(26)3)31(28(32)35)16-24(33)29-19-8-6-10-21(15-19)36-4/h5-15,26H,16H2,1-4H3/p+1. The minimum absolute atomic E-state index is 0.251. The predicted octanol–water partition coefficient (Wildman–Crippen LogP) is 3.74. The highest BCUT2D eigenvalue weighted by atomic mass is 16.5. The van der Waals surface area contributed by atoms with Crippen LogP contribution in [-0.2, 0) is 9.59 Å². The molecule has 2 heterocycles. The number of carbonyl (C=O) groups excluding carboxylic acids is 3. The topological polar surface area (TPSA) is 82.0 Å². The summed E-state index contributed by atoms with van der Waals surface area (Å²) in [6, 6.07) is 18.8. The van der Waals surface area contributed by atoms with Gasteiger partial charge in [0.1, 0.15) is 11.4 Å². The van der Waals surface area contributed by atoms with E-state index in [4.69, 9.17) is 4.74 Å². The third-order valence-electron chi connectivity index (χ3n) is 6.54. The molecule has 1 unspecified atom stereocenters. The van der Waals surface area contributed by atoms with E-state index >= 15 is 0 Å². The van der Waals surface area contributed by atoms with Gasteiger partial charge in [0, 0.05) is 30.1 Å². The molecule has 0 fully saturated rings. The fourth-order valence-corrected chi connectivity index (χ4v) is 4.85. The number of carbonyl (C=O) groups is 3. The summed E-state index contributed by atoms with van der Waals surface area (Å²) in [6.45, 7) is 3.61. The molecule has 1 atom stereocenters. The number of aryl methyl sites for hydroxylation is 2. The van der Waals surface area contributed by atoms with E-state index in [0.29, 0.717) is 22.8 Å². The van der Waals surface area contributed by atoms with Gasteiger partial charge >= 0.3 is 11.9 Å². The maximum atomic E-state index is 13.9. The third-order valence-corrected chi connectivity index (χ3v) is 6.54. The first-order valence-electron chi connectivity index (χ1n) is 11.6. The largest absolute Gasteiger partial charge is 0.506 e. The van der Waals surface area contributed by atoms with E-state index < -0.39 is 12.1 Å². The number of likely N-dealkylation sites (N-methyl/N-ethyl adjacent to an activating group) is 1. The molecule has 0 bridgehead atoms. The summed E-state index contributed by atoms with van der Waals surface area (Å²) in [5, 5.41) is 2.84. The molecule has 36 heavy (non-hydrogen) atoms. The third kappa shape index (κ3) is 3.90. The molecular formula is C28H27N4O4+. The number of benzene rings is 3. The normalized spacial score (nSPS) is 16.7. The highest BCUT2D eigenvalue weighted by Crippen LogP contribution is 2.36. The predicted molar refractivity (Wildman–Crippen MR) is 138 cm³/mol. The van der Waals surface area contributed by atoms with Crippen molar-refractivity contribution in [2.45, 2.75) is 19.9 Å². The Morgan fingerprint density at radius 3 is 2.50 bits per heavy atom. The average Bonchev–Trinajstić information content (AvgIpc) is 3.13. The number of anilines is 3. The van der Waals surface area contributed by atoms with Crippen molar-refractivity contribution in [2.24, 2.45) is 0 Å². The van der Waals surface area contributed by atoms with Crippen LogP contribution in [0.15, 0.2) is 66.7 Å². The van der Waals surface area contributed by atoms with Crippen molar-refractivity contribution in [3.05, 3.63) is 83.4 Å². The molecule has 8 nitrogen and oxygen atoms in total. The van der Waals surface area contributed by atoms with Crippen molar-refractivity contribution in [3.63, 3.8) is 0 Å². The van der Waals surface area contributed by atoms with E-state index in [1.165, 1.54) is 9.48 Å². The molecule has 5 rings (SSSR count). The average molecular weight is 484 g/mol. The van der Waals surface area contributed by atoms with Gasteiger partial charge in [0.2, 0.25) is 0 Å². The lowest BCUT2D eigenvalue weighted by molar-refractivity contribution is -0.415. The van der Waals surface area contributed by atoms with E-state index in [9.17, 15) is 14.4 Å². The molecule has 0 saturated carbocycles. The van der Waals surface area contributed by atoms with E-state index in [1.54, 1.807) is 49.6 Å². The number of methoxy groups -OCH3 is 1. The minimum atomic E-state index is -0.732. The van der Waals surface area contributed by atoms with Gasteiger partial charge in [0.25, 0.3) is 5.91 Å². The van der Waals surface area contributed by atoms with Crippen molar-refractivity contribution >= 4 is 40.6 Å². The van der Waals surface area contributed by atoms with Gasteiger partial charge in [0.15, 0.2) is 18.3 Å². The molecule has 0 aliphatic carbocycles. The summed E-state index contributed by atoms with van der Waals surface area (Å²) < 4.78 is 6.66. The van der Waals surface area contributed by atoms with Crippen molar-refractivity contribution in [1.82, 2.24) is 0 Å². The fourth-order valence-electron chi connectivity index (χ4n) is 4.85. The Labute approximate surface area is 209 Å². The van der Waals surface area contributed by atoms with Gasteiger partial charge in [-0.2, -0.15) is 9.37 Å². The molecule has 0 aromatic heterocycles. The zero-order valence-corrected chi connectivity index (χ0v) is 20.6. The number of ether oxygens (including phenoxy) is 1. The van der Waals surface area contributed by atoms with Gasteiger partial charge in [-0.1, -0.05) is 29.8 Å². The zero-order chi connectivity index (χ0) is 25.6. The molecular weight excluding hydrogens is 456 g/mol. The van der Waals surface area contributed by atoms with Gasteiger partial charge in [0.05, 0.1) is 7.11 Å². The van der Waals surface area contributed by atoms with Crippen LogP contribution >= 0.6 is 0 Å². The number of hydrogen-bond acceptors (Lipinski definition) is 5. The molecule has 1 N–H and O–H groups in total. The number of fused-ring (bicyclic) bond motifs is 3. The van der Waals surface area contributed by atoms with Gasteiger partial charge < -0.3 is 15.0 Å². The molecule has 4 amide bonds. The van der Waals surface area contributed by atoms with Crippen LogP contribution in [0, 0.1) is 13.8 Å². The molecule has 182 valence electrons. The molecule has 0 saturated heterocycles. The van der Waals surface area contributed by atoms with Crippen molar-refractivity contribution in [1.29, 1.82) is 0 Å². The van der Waals surface area contributed by atoms with Crippen molar-refractivity contribution in [3.8, 4) is 5.75 Å². The highest BCUT2D eigenvalue weighted by Gasteiger charge is 2.55. The van der Waals surface area contributed by atoms with Gasteiger partial charge in [-0.05, 0) is 55.8 Å². The number of rotatable bonds is 5. The lowest BCUT2D eigenvalue weighted by Gasteiger charge is -2.28. The first-order chi connectivity index (χ1) is 17.3. The Bertz CT molecular complexity index is 1440. The van der Waals surface area contributed by atoms with Gasteiger partial charge in [-0.25, -0.2) is 4.79 Å². The Balaban J connectivity index is 1.60. The second kappa shape index (κ2) is 8.96. The van der Waals surface area contributed by atoms with Crippen LogP contribution in [0.4, 0.5) is 21.9 Å². The van der Waals surface area contributed by atoms with E-state index in [-0.39, 0.29) is 18.4 Å². The van der Waals surface area contributed by atoms with Crippen LogP contribution in [0.1, 0.15) is 16.7 Å². The van der Waals surface area contributed by atoms with E-state index in [2.05, 4.69) is 5.32 Å². The number of amides is 4. The Morgan fingerprint density at radius 2 is 1.75 bits per heavy atom. The lowest BCUT2D eigenvalue weighted by atomic mass is 10.0. The van der Waals surface area contributed by atoms with Crippen LogP contribution < -0.4 is 19.9 Å². The summed E-state index contributed by atoms with van der Waals surface area (Å²) in [5.41, 5.74) is 5.09. The Morgan fingerprint density at radius 1 is 1.00 bits per heavy atom. The maximum absolute atomic E-state index is 13.9. The molecule has 8 heteroatoms. The summed E-state index contributed by atoms with van der Waals surface area (Å²) >= 11 is 0. The smallest absolute Gasteiger partial charge is 0.497 e. The SMILES string of the molecule is COc1cccc(NC(=O)C[N+]2=C3c4cc(C)ccc4N(C)C3C(=O)N(c3cccc(C)c3)C2=O)c1. The monoisotopic (exact) mass is 483 g/mol. The van der Waals surface area contributed by atoms with Crippen LogP contribution in [0.25, 0.3) is 0 Å². The van der Waals surface area contributed by atoms with Gasteiger partial charge in [-0.15, -0.1) is 4.90 Å². The molecule has 0 spiro atoms. The van der Waals surface area contributed by atoms with Crippen molar-refractivity contribution in [2.75, 3.05) is 35.8 Å². The molecule has 2 aliphatic heterocycles. The number of hydrogen-bond donors (Lipinski definition) is 1. The summed E-state index contributed by atoms with van der Waals surface area (Å²) in [5.74, 6) is -0.124. The molecule has 2 aliphatic rings. The van der Waals surface area contributed by atoms with E-state index in [0.717, 1.165) is 22.4 Å². The maximum Gasteiger partial charge on any atom is 0.506 e. The van der Waals surface area contributed by atoms with Crippen molar-refractivity contribution < 1.29 is 23.7 Å². The highest BCUT2D eigenvalue weighted by molar-refractivity contribution is 6.33. The number of urea groups is 1. The van der Waals surface area contributed by atoms with Crippen LogP contribution in [-0.4, -0.2) is 54.9 Å². The summed E-state index contributed by atoms with van der Waals surface area (Å²) in [7, 11) is 3.39. The minimum Gasteiger partial charge on any atom is -0.497 e. The first-order valence-corrected chi connectivity index (χ1v) is 11.6. The van der Waals surface area contributed by atoms with Crippen LogP contribution in [0.3, 0.4) is 0 Å². The first kappa shape index (κ1) is 23.3. The van der Waals surface area contributed by atoms with Gasteiger partial charge in [-0.3, -0.25) is 4.79 Å². The summed E-state index contributed by atoms with van der Waals surface area (Å²) in [6.07, 6.45) is 0. The lowest BCUT2D eigenvalue weighted by Crippen LogP contribution is -2.61. The second-order valence-electron chi connectivity index (χ2n) is 9.08. The molecule has 3 aromatic carbocycles. The zero-order valence-electron chi connectivity index (χ0n) is 20.6. The summed E-state index contributed by atoms with van der Waals surface area (Å²) in [4.78, 5) is 43.9. The number of imide groups is 1. The second-order valence-corrected chi connectivity index (χ2v) is 9.08. The Kier molecular flexibility index (Phi) is 5.80. The quantitative estimate of drug-likeness (QED) is 0.559. The number of nitrogens with one attached hydrogen (secondary N) is 1. The molecule has 3 aromatic rings.